The first-order valence-electron chi connectivity index (χ1n) is 5.20. The van der Waals surface area contributed by atoms with E-state index >= 15 is 0 Å². The highest BCUT2D eigenvalue weighted by Gasteiger charge is 2.20. The zero-order chi connectivity index (χ0) is 12.2. The number of aromatic amines is 1. The van der Waals surface area contributed by atoms with Gasteiger partial charge >= 0.3 is 0 Å². The van der Waals surface area contributed by atoms with Gasteiger partial charge in [-0.25, -0.2) is 18.1 Å². The number of H-pyrrole nitrogens is 1. The number of aliphatic hydroxyl groups is 1. The van der Waals surface area contributed by atoms with Gasteiger partial charge < -0.3 is 10.1 Å². The lowest BCUT2D eigenvalue weighted by Crippen LogP contribution is -2.37. The van der Waals surface area contributed by atoms with E-state index in [1.807, 2.05) is 6.92 Å². The summed E-state index contributed by atoms with van der Waals surface area (Å²) >= 11 is 0. The molecule has 92 valence electrons. The molecule has 1 heterocycles. The Kier molecular flexibility index (Phi) is 4.45. The van der Waals surface area contributed by atoms with Gasteiger partial charge in [0.1, 0.15) is 5.82 Å². The fourth-order valence-electron chi connectivity index (χ4n) is 1.19. The second-order valence-electron chi connectivity index (χ2n) is 3.46. The van der Waals surface area contributed by atoms with Gasteiger partial charge in [0.25, 0.3) is 10.0 Å². The van der Waals surface area contributed by atoms with Crippen molar-refractivity contribution < 1.29 is 13.5 Å². The number of nitrogens with zero attached hydrogens (tertiary/aromatic N) is 1. The molecular formula is C9H17N3O3S. The minimum atomic E-state index is -3.60. The van der Waals surface area contributed by atoms with Gasteiger partial charge in [0.15, 0.2) is 5.03 Å². The van der Waals surface area contributed by atoms with E-state index in [9.17, 15) is 8.42 Å². The molecule has 0 saturated carbocycles. The predicted octanol–water partition coefficient (Wildman–Crippen LogP) is 0.0213. The molecule has 0 saturated heterocycles. The molecule has 1 rings (SSSR count). The smallest absolute Gasteiger partial charge is 0.257 e. The number of hydrogen-bond donors (Lipinski definition) is 3. The van der Waals surface area contributed by atoms with Crippen LogP contribution < -0.4 is 4.72 Å². The summed E-state index contributed by atoms with van der Waals surface area (Å²) < 4.78 is 26.0. The minimum Gasteiger partial charge on any atom is -0.395 e. The van der Waals surface area contributed by atoms with Gasteiger partial charge in [0, 0.05) is 12.5 Å². The third kappa shape index (κ3) is 3.03. The molecule has 16 heavy (non-hydrogen) atoms. The van der Waals surface area contributed by atoms with Crippen LogP contribution in [0.5, 0.6) is 0 Å². The van der Waals surface area contributed by atoms with Gasteiger partial charge in [-0.2, -0.15) is 0 Å². The summed E-state index contributed by atoms with van der Waals surface area (Å²) in [6.45, 7) is 3.46. The van der Waals surface area contributed by atoms with E-state index in [4.69, 9.17) is 5.11 Å². The Balaban J connectivity index is 2.85. The van der Waals surface area contributed by atoms with Crippen LogP contribution in [0.2, 0.25) is 0 Å². The zero-order valence-corrected chi connectivity index (χ0v) is 10.2. The number of nitrogens with one attached hydrogen (secondary N) is 2. The zero-order valence-electron chi connectivity index (χ0n) is 9.40. The van der Waals surface area contributed by atoms with Crippen molar-refractivity contribution in [2.45, 2.75) is 37.8 Å². The molecule has 0 aliphatic rings. The van der Waals surface area contributed by atoms with Crippen molar-refractivity contribution in [2.24, 2.45) is 0 Å². The fraction of sp³-hybridized carbons (Fsp3) is 0.667. The number of hydrogen-bond acceptors (Lipinski definition) is 4. The number of imidazole rings is 1. The van der Waals surface area contributed by atoms with E-state index in [1.54, 1.807) is 6.92 Å². The lowest BCUT2D eigenvalue weighted by atomic mass is 10.3. The normalized spacial score (nSPS) is 13.9. The van der Waals surface area contributed by atoms with Crippen molar-refractivity contribution in [3.8, 4) is 0 Å². The van der Waals surface area contributed by atoms with Crippen molar-refractivity contribution >= 4 is 10.0 Å². The molecule has 0 aliphatic carbocycles. The molecule has 0 spiro atoms. The number of aryl methyl sites for hydroxylation is 1. The van der Waals surface area contributed by atoms with Crippen molar-refractivity contribution in [1.82, 2.24) is 14.7 Å². The van der Waals surface area contributed by atoms with Crippen LogP contribution in [0.4, 0.5) is 0 Å². The highest BCUT2D eigenvalue weighted by Crippen LogP contribution is 2.07. The lowest BCUT2D eigenvalue weighted by Gasteiger charge is -2.12. The third-order valence-corrected chi connectivity index (χ3v) is 3.69. The largest absolute Gasteiger partial charge is 0.395 e. The van der Waals surface area contributed by atoms with Gasteiger partial charge in [-0.1, -0.05) is 13.8 Å². The Morgan fingerprint density at radius 3 is 2.69 bits per heavy atom. The summed E-state index contributed by atoms with van der Waals surface area (Å²) in [5.41, 5.74) is 0. The molecule has 0 radical (unpaired) electrons. The Morgan fingerprint density at radius 2 is 2.25 bits per heavy atom. The molecule has 0 fully saturated rings. The predicted molar refractivity (Wildman–Crippen MR) is 59.5 cm³/mol. The Bertz CT molecular complexity index is 423. The highest BCUT2D eigenvalue weighted by atomic mass is 32.2. The van der Waals surface area contributed by atoms with Crippen LogP contribution in [-0.2, 0) is 16.4 Å². The molecule has 1 aromatic rings. The standard InChI is InChI=1S/C9H17N3O3S/c1-3-7(6-13)12-16(14,15)9-5-10-8(4-2)11-9/h5,7,12-13H,3-4,6H2,1-2H3,(H,10,11). The van der Waals surface area contributed by atoms with Crippen LogP contribution in [0, 0.1) is 0 Å². The monoisotopic (exact) mass is 247 g/mol. The first-order chi connectivity index (χ1) is 7.53. The second kappa shape index (κ2) is 5.42. The molecule has 0 bridgehead atoms. The average molecular weight is 247 g/mol. The second-order valence-corrected chi connectivity index (χ2v) is 5.14. The average Bonchev–Trinajstić information content (AvgIpc) is 2.75. The molecule has 1 aromatic heterocycles. The molecule has 7 heteroatoms. The van der Waals surface area contributed by atoms with Crippen molar-refractivity contribution in [3.05, 3.63) is 12.0 Å². The first-order valence-corrected chi connectivity index (χ1v) is 6.68. The molecule has 6 nitrogen and oxygen atoms in total. The van der Waals surface area contributed by atoms with Crippen LogP contribution >= 0.6 is 0 Å². The van der Waals surface area contributed by atoms with Gasteiger partial charge in [-0.3, -0.25) is 0 Å². The van der Waals surface area contributed by atoms with Crippen molar-refractivity contribution in [1.29, 1.82) is 0 Å². The van der Waals surface area contributed by atoms with Crippen LogP contribution in [0.25, 0.3) is 0 Å². The number of rotatable bonds is 6. The first kappa shape index (κ1) is 13.1. The SMILES string of the molecule is CCc1ncc(S(=O)(=O)NC(CC)CO)[nH]1. The van der Waals surface area contributed by atoms with E-state index in [2.05, 4.69) is 14.7 Å². The van der Waals surface area contributed by atoms with E-state index in [1.165, 1.54) is 6.20 Å². The molecule has 0 aromatic carbocycles. The summed E-state index contributed by atoms with van der Waals surface area (Å²) in [5.74, 6) is 0.623. The van der Waals surface area contributed by atoms with E-state index in [0.29, 0.717) is 18.7 Å². The number of sulfonamides is 1. The number of aliphatic hydroxyl groups excluding tert-OH is 1. The lowest BCUT2D eigenvalue weighted by molar-refractivity contribution is 0.253. The van der Waals surface area contributed by atoms with E-state index < -0.39 is 16.1 Å². The summed E-state index contributed by atoms with van der Waals surface area (Å²) in [7, 11) is -3.60. The maximum Gasteiger partial charge on any atom is 0.257 e. The molecular weight excluding hydrogens is 230 g/mol. The molecule has 1 unspecified atom stereocenters. The molecule has 0 aliphatic heterocycles. The topological polar surface area (TPSA) is 95.1 Å². The summed E-state index contributed by atoms with van der Waals surface area (Å²) in [4.78, 5) is 6.64. The molecule has 3 N–H and O–H groups in total. The van der Waals surface area contributed by atoms with Crippen LogP contribution in [-0.4, -0.2) is 36.1 Å². The number of aromatic nitrogens is 2. The van der Waals surface area contributed by atoms with E-state index in [-0.39, 0.29) is 11.6 Å². The van der Waals surface area contributed by atoms with Gasteiger partial charge in [0.05, 0.1) is 12.8 Å². The van der Waals surface area contributed by atoms with E-state index in [0.717, 1.165) is 0 Å². The Morgan fingerprint density at radius 1 is 1.56 bits per heavy atom. The van der Waals surface area contributed by atoms with Gasteiger partial charge in [-0.15, -0.1) is 0 Å². The van der Waals surface area contributed by atoms with Gasteiger partial charge in [0.2, 0.25) is 0 Å². The summed E-state index contributed by atoms with van der Waals surface area (Å²) in [6.07, 6.45) is 2.46. The quantitative estimate of drug-likeness (QED) is 0.660. The van der Waals surface area contributed by atoms with Crippen LogP contribution in [0.15, 0.2) is 11.2 Å². The third-order valence-electron chi connectivity index (χ3n) is 2.26. The molecule has 1 atom stereocenters. The van der Waals surface area contributed by atoms with Gasteiger partial charge in [-0.05, 0) is 6.42 Å². The highest BCUT2D eigenvalue weighted by molar-refractivity contribution is 7.89. The van der Waals surface area contributed by atoms with Crippen molar-refractivity contribution in [3.63, 3.8) is 0 Å². The fourth-order valence-corrected chi connectivity index (χ4v) is 2.44. The Labute approximate surface area is 95.2 Å². The summed E-state index contributed by atoms with van der Waals surface area (Å²) in [6, 6.07) is -0.460. The minimum absolute atomic E-state index is 0.0382. The molecule has 0 amide bonds. The summed E-state index contributed by atoms with van der Waals surface area (Å²) in [5, 5.41) is 8.97. The van der Waals surface area contributed by atoms with Crippen molar-refractivity contribution in [2.75, 3.05) is 6.61 Å². The van der Waals surface area contributed by atoms with Crippen LogP contribution in [0.1, 0.15) is 26.1 Å². The Hall–Kier alpha value is -0.920. The maximum absolute atomic E-state index is 11.8. The maximum atomic E-state index is 11.8. The van der Waals surface area contributed by atoms with Crippen LogP contribution in [0.3, 0.4) is 0 Å².